The molecule has 0 aromatic heterocycles. The topological polar surface area (TPSA) is 113 Å². The number of nitrogens with zero attached hydrogens (tertiary/aromatic N) is 4. The fourth-order valence-electron chi connectivity index (χ4n) is 2.39. The highest BCUT2D eigenvalue weighted by molar-refractivity contribution is 5.77. The lowest BCUT2D eigenvalue weighted by Crippen LogP contribution is -2.30. The summed E-state index contributed by atoms with van der Waals surface area (Å²) >= 11 is 0. The Morgan fingerprint density at radius 1 is 1.05 bits per heavy atom. The van der Waals surface area contributed by atoms with Gasteiger partial charge in [-0.15, -0.1) is 0 Å². The van der Waals surface area contributed by atoms with Crippen LogP contribution < -0.4 is 4.90 Å². The maximum atomic E-state index is 11.2. The van der Waals surface area contributed by atoms with E-state index in [0.29, 0.717) is 13.1 Å². The Morgan fingerprint density at radius 2 is 1.55 bits per heavy atom. The van der Waals surface area contributed by atoms with E-state index in [1.165, 1.54) is 0 Å². The van der Waals surface area contributed by atoms with Gasteiger partial charge in [0.2, 0.25) is 0 Å². The molecule has 8 heteroatoms. The van der Waals surface area contributed by atoms with Crippen molar-refractivity contribution in [3.63, 3.8) is 0 Å². The average Bonchev–Trinajstić information content (AvgIpc) is 2.46. The van der Waals surface area contributed by atoms with Crippen molar-refractivity contribution in [1.82, 2.24) is 0 Å². The molecule has 0 amide bonds. The lowest BCUT2D eigenvalue weighted by atomic mass is 10.1. The summed E-state index contributed by atoms with van der Waals surface area (Å²) in [5.41, 5.74) is -0.821. The number of nitro benzene ring substituents is 2. The van der Waals surface area contributed by atoms with E-state index >= 15 is 0 Å². The van der Waals surface area contributed by atoms with Gasteiger partial charge in [-0.25, -0.2) is 0 Å². The summed E-state index contributed by atoms with van der Waals surface area (Å²) in [7, 11) is 0. The van der Waals surface area contributed by atoms with Crippen LogP contribution in [0.2, 0.25) is 0 Å². The van der Waals surface area contributed by atoms with Crippen molar-refractivity contribution >= 4 is 17.1 Å². The van der Waals surface area contributed by atoms with E-state index in [0.717, 1.165) is 31.4 Å². The summed E-state index contributed by atoms with van der Waals surface area (Å²) in [6.45, 7) is 1.10. The molecule has 0 N–H and O–H groups in total. The molecular weight excluding hydrogens is 264 g/mol. The average molecular weight is 276 g/mol. The number of benzene rings is 1. The van der Waals surface area contributed by atoms with Gasteiger partial charge in [-0.1, -0.05) is 0 Å². The Balaban J connectivity index is 2.64. The maximum Gasteiger partial charge on any atom is 0.300 e. The third-order valence-corrected chi connectivity index (χ3v) is 3.26. The Bertz CT molecular complexity index is 567. The lowest BCUT2D eigenvalue weighted by molar-refractivity contribution is -0.392. The maximum absolute atomic E-state index is 11.2. The molecule has 1 aromatic rings. The molecule has 0 radical (unpaired) electrons. The third-order valence-electron chi connectivity index (χ3n) is 3.26. The molecule has 104 valence electrons. The highest BCUT2D eigenvalue weighted by Crippen LogP contribution is 2.39. The molecule has 0 bridgehead atoms. The minimum atomic E-state index is -0.669. The molecule has 20 heavy (non-hydrogen) atoms. The Labute approximate surface area is 114 Å². The fourth-order valence-corrected chi connectivity index (χ4v) is 2.39. The summed E-state index contributed by atoms with van der Waals surface area (Å²) in [4.78, 5) is 22.6. The SMILES string of the molecule is N#Cc1cc([N+](=O)[O-])c(N2CCCCC2)c([N+](=O)[O-])c1. The molecule has 0 unspecified atom stereocenters. The summed E-state index contributed by atoms with van der Waals surface area (Å²) in [5.74, 6) is 0. The van der Waals surface area contributed by atoms with Gasteiger partial charge in [0.25, 0.3) is 0 Å². The summed E-state index contributed by atoms with van der Waals surface area (Å²) in [6, 6.07) is 3.91. The first kappa shape index (κ1) is 13.7. The number of hydrogen-bond donors (Lipinski definition) is 0. The van der Waals surface area contributed by atoms with Crippen LogP contribution in [0.1, 0.15) is 24.8 Å². The predicted molar refractivity (Wildman–Crippen MR) is 70.5 cm³/mol. The van der Waals surface area contributed by atoms with Gasteiger partial charge in [0.05, 0.1) is 21.5 Å². The number of hydrogen-bond acceptors (Lipinski definition) is 6. The monoisotopic (exact) mass is 276 g/mol. The first-order chi connectivity index (χ1) is 9.54. The molecule has 8 nitrogen and oxygen atoms in total. The molecule has 1 aliphatic heterocycles. The van der Waals surface area contributed by atoms with Gasteiger partial charge in [0.1, 0.15) is 0 Å². The highest BCUT2D eigenvalue weighted by atomic mass is 16.6. The third kappa shape index (κ3) is 2.51. The summed E-state index contributed by atoms with van der Waals surface area (Å²) < 4.78 is 0. The van der Waals surface area contributed by atoms with Crippen LogP contribution in [-0.2, 0) is 0 Å². The van der Waals surface area contributed by atoms with Crippen LogP contribution in [0.15, 0.2) is 12.1 Å². The zero-order chi connectivity index (χ0) is 14.7. The first-order valence-corrected chi connectivity index (χ1v) is 6.16. The molecule has 1 aliphatic rings. The number of nitro groups is 2. The van der Waals surface area contributed by atoms with Crippen LogP contribution in [0.5, 0.6) is 0 Å². The lowest BCUT2D eigenvalue weighted by Gasteiger charge is -2.27. The minimum Gasteiger partial charge on any atom is -0.360 e. The van der Waals surface area contributed by atoms with E-state index in [-0.39, 0.29) is 22.6 Å². The molecule has 1 fully saturated rings. The second-order valence-corrected chi connectivity index (χ2v) is 4.54. The van der Waals surface area contributed by atoms with Crippen molar-refractivity contribution in [2.75, 3.05) is 18.0 Å². The molecule has 1 heterocycles. The van der Waals surface area contributed by atoms with Crippen molar-refractivity contribution in [2.24, 2.45) is 0 Å². The number of anilines is 1. The van der Waals surface area contributed by atoms with Crippen molar-refractivity contribution in [3.8, 4) is 6.07 Å². The standard InChI is InChI=1S/C12H12N4O4/c13-8-9-6-10(15(17)18)12(11(7-9)16(19)20)14-4-2-1-3-5-14/h6-7H,1-5H2. The van der Waals surface area contributed by atoms with E-state index in [1.54, 1.807) is 11.0 Å². The molecule has 2 rings (SSSR count). The van der Waals surface area contributed by atoms with Crippen molar-refractivity contribution < 1.29 is 9.85 Å². The van der Waals surface area contributed by atoms with Crippen LogP contribution in [0, 0.1) is 31.6 Å². The van der Waals surface area contributed by atoms with Gasteiger partial charge in [-0.05, 0) is 19.3 Å². The normalized spacial score (nSPS) is 14.7. The van der Waals surface area contributed by atoms with Crippen LogP contribution >= 0.6 is 0 Å². The van der Waals surface area contributed by atoms with Gasteiger partial charge in [-0.3, -0.25) is 20.2 Å². The van der Waals surface area contributed by atoms with Crippen LogP contribution in [0.25, 0.3) is 0 Å². The van der Waals surface area contributed by atoms with E-state index < -0.39 is 9.85 Å². The Hall–Kier alpha value is -2.69. The summed E-state index contributed by atoms with van der Waals surface area (Å²) in [6.07, 6.45) is 2.69. The number of nitriles is 1. The molecule has 0 spiro atoms. The van der Waals surface area contributed by atoms with Gasteiger partial charge < -0.3 is 4.90 Å². The van der Waals surface area contributed by atoms with Gasteiger partial charge in [0, 0.05) is 25.2 Å². The fraction of sp³-hybridized carbons (Fsp3) is 0.417. The predicted octanol–water partition coefficient (Wildman–Crippen LogP) is 2.36. The smallest absolute Gasteiger partial charge is 0.300 e. The molecular formula is C12H12N4O4. The van der Waals surface area contributed by atoms with E-state index in [1.807, 2.05) is 0 Å². The molecule has 0 aliphatic carbocycles. The highest BCUT2D eigenvalue weighted by Gasteiger charge is 2.31. The van der Waals surface area contributed by atoms with Crippen molar-refractivity contribution in [3.05, 3.63) is 37.9 Å². The van der Waals surface area contributed by atoms with Crippen LogP contribution in [-0.4, -0.2) is 22.9 Å². The van der Waals surface area contributed by atoms with Crippen LogP contribution in [0.4, 0.5) is 17.1 Å². The Kier molecular flexibility index (Phi) is 3.79. The second kappa shape index (κ2) is 5.52. The van der Waals surface area contributed by atoms with Crippen LogP contribution in [0.3, 0.4) is 0 Å². The van der Waals surface area contributed by atoms with E-state index in [2.05, 4.69) is 0 Å². The molecule has 0 atom stereocenters. The zero-order valence-electron chi connectivity index (χ0n) is 10.6. The van der Waals surface area contributed by atoms with E-state index in [4.69, 9.17) is 5.26 Å². The largest absolute Gasteiger partial charge is 0.360 e. The molecule has 1 saturated heterocycles. The zero-order valence-corrected chi connectivity index (χ0v) is 10.6. The van der Waals surface area contributed by atoms with E-state index in [9.17, 15) is 20.2 Å². The summed E-state index contributed by atoms with van der Waals surface area (Å²) in [5, 5.41) is 31.2. The quantitative estimate of drug-likeness (QED) is 0.618. The van der Waals surface area contributed by atoms with Crippen molar-refractivity contribution in [2.45, 2.75) is 19.3 Å². The molecule has 1 aromatic carbocycles. The number of piperidine rings is 1. The van der Waals surface area contributed by atoms with Gasteiger partial charge >= 0.3 is 11.4 Å². The van der Waals surface area contributed by atoms with Crippen molar-refractivity contribution in [1.29, 1.82) is 5.26 Å². The first-order valence-electron chi connectivity index (χ1n) is 6.16. The number of rotatable bonds is 3. The van der Waals surface area contributed by atoms with Gasteiger partial charge in [-0.2, -0.15) is 5.26 Å². The Morgan fingerprint density at radius 3 is 1.95 bits per heavy atom. The van der Waals surface area contributed by atoms with Gasteiger partial charge in [0.15, 0.2) is 5.69 Å². The minimum absolute atomic E-state index is 0.0127. The second-order valence-electron chi connectivity index (χ2n) is 4.54. The molecule has 0 saturated carbocycles.